The van der Waals surface area contributed by atoms with Crippen LogP contribution >= 0.6 is 0 Å². The van der Waals surface area contributed by atoms with E-state index in [1.54, 1.807) is 13.2 Å². The zero-order chi connectivity index (χ0) is 15.1. The van der Waals surface area contributed by atoms with Crippen LogP contribution in [0.3, 0.4) is 0 Å². The molecule has 0 spiro atoms. The van der Waals surface area contributed by atoms with Gasteiger partial charge in [0.25, 0.3) is 5.91 Å². The summed E-state index contributed by atoms with van der Waals surface area (Å²) in [6.07, 6.45) is 5.48. The number of piperidine rings is 1. The first-order valence-electron chi connectivity index (χ1n) is 7.07. The number of hydrogen-bond donors (Lipinski definition) is 1. The van der Waals surface area contributed by atoms with Crippen LogP contribution in [0.1, 0.15) is 24.8 Å². The van der Waals surface area contributed by atoms with Crippen LogP contribution in [0.5, 0.6) is 11.5 Å². The van der Waals surface area contributed by atoms with Crippen molar-refractivity contribution in [2.24, 2.45) is 10.8 Å². The quantitative estimate of drug-likeness (QED) is 0.803. The van der Waals surface area contributed by atoms with Crippen molar-refractivity contribution < 1.29 is 14.3 Å². The lowest BCUT2D eigenvalue weighted by Crippen LogP contribution is -2.24. The molecule has 1 fully saturated rings. The van der Waals surface area contributed by atoms with Crippen LogP contribution < -0.4 is 15.2 Å². The number of primary amides is 1. The van der Waals surface area contributed by atoms with Crippen LogP contribution in [0.4, 0.5) is 0 Å². The highest BCUT2D eigenvalue weighted by Gasteiger charge is 2.08. The van der Waals surface area contributed by atoms with Crippen molar-refractivity contribution in [2.45, 2.75) is 19.3 Å². The SMILES string of the molecule is COc1cc(/C=N\N2CCCCC2)ccc1OCC(N)=O. The topological polar surface area (TPSA) is 77.2 Å². The van der Waals surface area contributed by atoms with E-state index in [-0.39, 0.29) is 6.61 Å². The Morgan fingerprint density at radius 1 is 1.33 bits per heavy atom. The Bertz CT molecular complexity index is 511. The summed E-state index contributed by atoms with van der Waals surface area (Å²) in [5.41, 5.74) is 5.98. The van der Waals surface area contributed by atoms with E-state index in [0.29, 0.717) is 11.5 Å². The smallest absolute Gasteiger partial charge is 0.255 e. The highest BCUT2D eigenvalue weighted by atomic mass is 16.5. The third-order valence-electron chi connectivity index (χ3n) is 3.26. The largest absolute Gasteiger partial charge is 0.493 e. The van der Waals surface area contributed by atoms with Gasteiger partial charge in [-0.05, 0) is 43.0 Å². The molecule has 0 unspecified atom stereocenters. The van der Waals surface area contributed by atoms with Gasteiger partial charge in [-0.15, -0.1) is 0 Å². The van der Waals surface area contributed by atoms with E-state index in [4.69, 9.17) is 15.2 Å². The predicted molar refractivity (Wildman–Crippen MR) is 80.7 cm³/mol. The summed E-state index contributed by atoms with van der Waals surface area (Å²) in [7, 11) is 1.55. The van der Waals surface area contributed by atoms with E-state index in [2.05, 4.69) is 10.1 Å². The lowest BCUT2D eigenvalue weighted by molar-refractivity contribution is -0.119. The van der Waals surface area contributed by atoms with Gasteiger partial charge in [-0.2, -0.15) is 5.10 Å². The number of amides is 1. The van der Waals surface area contributed by atoms with Gasteiger partial charge in [-0.1, -0.05) is 0 Å². The number of hydrazone groups is 1. The molecule has 2 N–H and O–H groups in total. The first-order valence-corrected chi connectivity index (χ1v) is 7.07. The van der Waals surface area contributed by atoms with E-state index in [1.165, 1.54) is 19.3 Å². The standard InChI is InChI=1S/C15H21N3O3/c1-20-14-9-12(5-6-13(14)21-11-15(16)19)10-17-18-7-3-2-4-8-18/h5-6,9-10H,2-4,7-8,11H2,1H3,(H2,16,19)/b17-10-. The Kier molecular flexibility index (Phi) is 5.43. The van der Waals surface area contributed by atoms with Crippen molar-refractivity contribution in [3.05, 3.63) is 23.8 Å². The maximum absolute atomic E-state index is 10.7. The number of hydrogen-bond acceptors (Lipinski definition) is 5. The third-order valence-corrected chi connectivity index (χ3v) is 3.26. The lowest BCUT2D eigenvalue weighted by atomic mass is 10.2. The van der Waals surface area contributed by atoms with Crippen molar-refractivity contribution in [3.8, 4) is 11.5 Å². The van der Waals surface area contributed by atoms with Crippen molar-refractivity contribution >= 4 is 12.1 Å². The molecule has 1 aliphatic rings. The molecule has 6 heteroatoms. The van der Waals surface area contributed by atoms with Crippen molar-refractivity contribution in [3.63, 3.8) is 0 Å². The van der Waals surface area contributed by atoms with Gasteiger partial charge >= 0.3 is 0 Å². The van der Waals surface area contributed by atoms with Gasteiger partial charge in [0.2, 0.25) is 0 Å². The number of benzene rings is 1. The summed E-state index contributed by atoms with van der Waals surface area (Å²) in [5.74, 6) is 0.526. The molecule has 0 saturated carbocycles. The van der Waals surface area contributed by atoms with Crippen LogP contribution in [0.2, 0.25) is 0 Å². The highest BCUT2D eigenvalue weighted by Crippen LogP contribution is 2.27. The molecule has 1 aliphatic heterocycles. The summed E-state index contributed by atoms with van der Waals surface area (Å²) >= 11 is 0. The maximum Gasteiger partial charge on any atom is 0.255 e. The molecule has 0 radical (unpaired) electrons. The molecule has 1 amide bonds. The molecule has 1 aromatic carbocycles. The molecule has 2 rings (SSSR count). The zero-order valence-corrected chi connectivity index (χ0v) is 12.2. The summed E-state index contributed by atoms with van der Waals surface area (Å²) in [4.78, 5) is 10.7. The fraction of sp³-hybridized carbons (Fsp3) is 0.467. The van der Waals surface area contributed by atoms with Crippen LogP contribution in [0, 0.1) is 0 Å². The van der Waals surface area contributed by atoms with Crippen molar-refractivity contribution in [1.82, 2.24) is 5.01 Å². The Morgan fingerprint density at radius 3 is 2.76 bits per heavy atom. The third kappa shape index (κ3) is 4.66. The summed E-state index contributed by atoms with van der Waals surface area (Å²) in [6, 6.07) is 5.44. The molecule has 1 aromatic rings. The van der Waals surface area contributed by atoms with Gasteiger partial charge in [0, 0.05) is 13.1 Å². The van der Waals surface area contributed by atoms with Gasteiger partial charge in [0.15, 0.2) is 18.1 Å². The van der Waals surface area contributed by atoms with E-state index in [1.807, 2.05) is 18.3 Å². The normalized spacial score (nSPS) is 15.2. The Hall–Kier alpha value is -2.24. The molecule has 114 valence electrons. The van der Waals surface area contributed by atoms with Gasteiger partial charge in [0.1, 0.15) is 0 Å². The number of methoxy groups -OCH3 is 1. The maximum atomic E-state index is 10.7. The summed E-state index contributed by atoms with van der Waals surface area (Å²) in [5, 5.41) is 6.55. The molecule has 1 saturated heterocycles. The van der Waals surface area contributed by atoms with Crippen LogP contribution in [-0.4, -0.2) is 43.9 Å². The average Bonchev–Trinajstić information content (AvgIpc) is 2.52. The zero-order valence-electron chi connectivity index (χ0n) is 12.2. The van der Waals surface area contributed by atoms with E-state index in [0.717, 1.165) is 18.7 Å². The second-order valence-corrected chi connectivity index (χ2v) is 4.92. The lowest BCUT2D eigenvalue weighted by Gasteiger charge is -2.23. The van der Waals surface area contributed by atoms with Gasteiger partial charge < -0.3 is 15.2 Å². The molecule has 0 bridgehead atoms. The average molecular weight is 291 g/mol. The molecule has 1 heterocycles. The predicted octanol–water partition coefficient (Wildman–Crippen LogP) is 1.38. The van der Waals surface area contributed by atoms with Crippen LogP contribution in [-0.2, 0) is 4.79 Å². The number of carbonyl (C=O) groups excluding carboxylic acids is 1. The van der Waals surface area contributed by atoms with Crippen molar-refractivity contribution in [2.75, 3.05) is 26.8 Å². The summed E-state index contributed by atoms with van der Waals surface area (Å²) < 4.78 is 10.5. The minimum Gasteiger partial charge on any atom is -0.493 e. The molecule has 0 aromatic heterocycles. The molecule has 6 nitrogen and oxygen atoms in total. The monoisotopic (exact) mass is 291 g/mol. The van der Waals surface area contributed by atoms with Gasteiger partial charge in [-0.25, -0.2) is 0 Å². The van der Waals surface area contributed by atoms with E-state index < -0.39 is 5.91 Å². The van der Waals surface area contributed by atoms with Gasteiger partial charge in [-0.3, -0.25) is 9.80 Å². The van der Waals surface area contributed by atoms with Crippen LogP contribution in [0.25, 0.3) is 0 Å². The summed E-state index contributed by atoms with van der Waals surface area (Å²) in [6.45, 7) is 1.85. The molecule has 0 atom stereocenters. The Labute approximate surface area is 124 Å². The molecule has 21 heavy (non-hydrogen) atoms. The highest BCUT2D eigenvalue weighted by molar-refractivity contribution is 5.81. The fourth-order valence-corrected chi connectivity index (χ4v) is 2.17. The first-order chi connectivity index (χ1) is 10.2. The molecular weight excluding hydrogens is 270 g/mol. The van der Waals surface area contributed by atoms with E-state index in [9.17, 15) is 4.79 Å². The molecular formula is C15H21N3O3. The number of ether oxygens (including phenoxy) is 2. The second kappa shape index (κ2) is 7.52. The van der Waals surface area contributed by atoms with Crippen LogP contribution in [0.15, 0.2) is 23.3 Å². The second-order valence-electron chi connectivity index (χ2n) is 4.92. The fourth-order valence-electron chi connectivity index (χ4n) is 2.17. The Balaban J connectivity index is 2.03. The van der Waals surface area contributed by atoms with Gasteiger partial charge in [0.05, 0.1) is 13.3 Å². The minimum absolute atomic E-state index is 0.169. The molecule has 0 aliphatic carbocycles. The first kappa shape index (κ1) is 15.2. The number of nitrogens with zero attached hydrogens (tertiary/aromatic N) is 2. The number of nitrogens with two attached hydrogens (primary N) is 1. The van der Waals surface area contributed by atoms with E-state index >= 15 is 0 Å². The van der Waals surface area contributed by atoms with Crippen molar-refractivity contribution in [1.29, 1.82) is 0 Å². The number of carbonyl (C=O) groups is 1. The minimum atomic E-state index is -0.521. The Morgan fingerprint density at radius 2 is 2.10 bits per heavy atom. The number of rotatable bonds is 6.